The fraction of sp³-hybridized carbons (Fsp3) is 0.364. The van der Waals surface area contributed by atoms with E-state index in [1.165, 1.54) is 5.56 Å². The van der Waals surface area contributed by atoms with Gasteiger partial charge in [0, 0.05) is 25.4 Å². The average molecular weight is 362 g/mol. The van der Waals surface area contributed by atoms with Crippen molar-refractivity contribution >= 4 is 16.9 Å². The van der Waals surface area contributed by atoms with Gasteiger partial charge < -0.3 is 15.2 Å². The predicted octanol–water partition coefficient (Wildman–Crippen LogP) is 2.80. The highest BCUT2D eigenvalue weighted by molar-refractivity contribution is 5.81. The maximum atomic E-state index is 13.1. The Morgan fingerprint density at radius 1 is 1.11 bits per heavy atom. The SMILES string of the molecule is CCc1nc2ccccc2n1CC(=O)N1C[C@@H](CN)[C@H](c2ccccc2)C1. The first-order chi connectivity index (χ1) is 13.2. The van der Waals surface area contributed by atoms with Crippen molar-refractivity contribution in [1.82, 2.24) is 14.5 Å². The summed E-state index contributed by atoms with van der Waals surface area (Å²) >= 11 is 0. The lowest BCUT2D eigenvalue weighted by Crippen LogP contribution is -2.33. The van der Waals surface area contributed by atoms with E-state index in [4.69, 9.17) is 5.73 Å². The van der Waals surface area contributed by atoms with Crippen LogP contribution in [0.3, 0.4) is 0 Å². The lowest BCUT2D eigenvalue weighted by molar-refractivity contribution is -0.130. The van der Waals surface area contributed by atoms with Crippen molar-refractivity contribution in [3.8, 4) is 0 Å². The molecular formula is C22H26N4O. The number of fused-ring (bicyclic) bond motifs is 1. The third-order valence-electron chi connectivity index (χ3n) is 5.67. The van der Waals surface area contributed by atoms with E-state index in [0.29, 0.717) is 24.9 Å². The molecule has 5 nitrogen and oxygen atoms in total. The molecule has 0 radical (unpaired) electrons. The van der Waals surface area contributed by atoms with Crippen molar-refractivity contribution in [2.45, 2.75) is 25.8 Å². The lowest BCUT2D eigenvalue weighted by atomic mass is 9.89. The number of imidazole rings is 1. The van der Waals surface area contributed by atoms with Gasteiger partial charge in [0.1, 0.15) is 12.4 Å². The van der Waals surface area contributed by atoms with Crippen LogP contribution in [0.4, 0.5) is 0 Å². The van der Waals surface area contributed by atoms with Crippen molar-refractivity contribution < 1.29 is 4.79 Å². The fourth-order valence-corrected chi connectivity index (χ4v) is 4.20. The van der Waals surface area contributed by atoms with Crippen LogP contribution in [0.2, 0.25) is 0 Å². The van der Waals surface area contributed by atoms with E-state index in [0.717, 1.165) is 36.4 Å². The number of carbonyl (C=O) groups excluding carboxylic acids is 1. The third kappa shape index (κ3) is 3.35. The van der Waals surface area contributed by atoms with E-state index in [2.05, 4.69) is 40.7 Å². The van der Waals surface area contributed by atoms with Crippen LogP contribution < -0.4 is 5.73 Å². The minimum Gasteiger partial charge on any atom is -0.340 e. The number of benzene rings is 2. The van der Waals surface area contributed by atoms with Gasteiger partial charge in [0.05, 0.1) is 11.0 Å². The lowest BCUT2D eigenvalue weighted by Gasteiger charge is -2.18. The van der Waals surface area contributed by atoms with Gasteiger partial charge >= 0.3 is 0 Å². The van der Waals surface area contributed by atoms with Crippen LogP contribution in [0.5, 0.6) is 0 Å². The quantitative estimate of drug-likeness (QED) is 0.759. The van der Waals surface area contributed by atoms with Crippen molar-refractivity contribution in [1.29, 1.82) is 0 Å². The van der Waals surface area contributed by atoms with Crippen molar-refractivity contribution in [2.75, 3.05) is 19.6 Å². The standard InChI is InChI=1S/C22H26N4O/c1-2-21-24-19-10-6-7-11-20(19)26(21)15-22(27)25-13-17(12-23)18(14-25)16-8-4-3-5-9-16/h3-11,17-18H,2,12-15,23H2,1H3/t17-,18+/m1/s1. The van der Waals surface area contributed by atoms with Crippen molar-refractivity contribution in [3.63, 3.8) is 0 Å². The van der Waals surface area contributed by atoms with Gasteiger partial charge in [0.15, 0.2) is 0 Å². The van der Waals surface area contributed by atoms with Gasteiger partial charge in [-0.25, -0.2) is 4.98 Å². The summed E-state index contributed by atoms with van der Waals surface area (Å²) in [6.45, 7) is 4.47. The number of carbonyl (C=O) groups is 1. The highest BCUT2D eigenvalue weighted by Gasteiger charge is 2.35. The number of amides is 1. The summed E-state index contributed by atoms with van der Waals surface area (Å²) in [5.74, 6) is 1.72. The fourth-order valence-electron chi connectivity index (χ4n) is 4.20. The number of aromatic nitrogens is 2. The van der Waals surface area contributed by atoms with Gasteiger partial charge in [-0.1, -0.05) is 49.4 Å². The predicted molar refractivity (Wildman–Crippen MR) is 107 cm³/mol. The Balaban J connectivity index is 1.56. The van der Waals surface area contributed by atoms with E-state index in [9.17, 15) is 4.79 Å². The molecule has 2 heterocycles. The Bertz CT molecular complexity index is 934. The molecule has 1 aliphatic rings. The molecule has 3 aromatic rings. The summed E-state index contributed by atoms with van der Waals surface area (Å²) in [5, 5.41) is 0. The van der Waals surface area contributed by atoms with Crippen LogP contribution in [0.1, 0.15) is 24.2 Å². The maximum absolute atomic E-state index is 13.1. The summed E-state index contributed by atoms with van der Waals surface area (Å²) in [6.07, 6.45) is 0.806. The van der Waals surface area contributed by atoms with E-state index in [1.807, 2.05) is 35.2 Å². The second-order valence-corrected chi connectivity index (χ2v) is 7.27. The minimum absolute atomic E-state index is 0.143. The van der Waals surface area contributed by atoms with Crippen LogP contribution in [0.15, 0.2) is 54.6 Å². The van der Waals surface area contributed by atoms with Crippen LogP contribution in [0, 0.1) is 5.92 Å². The van der Waals surface area contributed by atoms with Gasteiger partial charge in [0.25, 0.3) is 0 Å². The van der Waals surface area contributed by atoms with Gasteiger partial charge in [-0.3, -0.25) is 4.79 Å². The Hall–Kier alpha value is -2.66. The number of nitrogens with two attached hydrogens (primary N) is 1. The van der Waals surface area contributed by atoms with Gasteiger partial charge in [-0.2, -0.15) is 0 Å². The normalized spacial score (nSPS) is 19.7. The second kappa shape index (κ2) is 7.53. The molecule has 0 unspecified atom stereocenters. The average Bonchev–Trinajstić information content (AvgIpc) is 3.30. The molecule has 2 aromatic carbocycles. The summed E-state index contributed by atoms with van der Waals surface area (Å²) in [6, 6.07) is 18.4. The van der Waals surface area contributed by atoms with Crippen LogP contribution in [0.25, 0.3) is 11.0 Å². The molecule has 0 aliphatic carbocycles. The molecule has 1 aliphatic heterocycles. The maximum Gasteiger partial charge on any atom is 0.242 e. The molecule has 0 spiro atoms. The Kier molecular flexibility index (Phi) is 4.94. The van der Waals surface area contributed by atoms with Crippen molar-refractivity contribution in [2.24, 2.45) is 11.7 Å². The molecule has 2 atom stereocenters. The molecule has 4 rings (SSSR count). The van der Waals surface area contributed by atoms with Gasteiger partial charge in [-0.15, -0.1) is 0 Å². The first-order valence-corrected chi connectivity index (χ1v) is 9.68. The zero-order valence-corrected chi connectivity index (χ0v) is 15.7. The smallest absolute Gasteiger partial charge is 0.242 e. The van der Waals surface area contributed by atoms with E-state index in [1.54, 1.807) is 0 Å². The summed E-state index contributed by atoms with van der Waals surface area (Å²) < 4.78 is 2.06. The molecule has 27 heavy (non-hydrogen) atoms. The second-order valence-electron chi connectivity index (χ2n) is 7.27. The molecule has 5 heteroatoms. The summed E-state index contributed by atoms with van der Waals surface area (Å²) in [5.41, 5.74) is 9.27. The molecule has 1 amide bonds. The zero-order chi connectivity index (χ0) is 18.8. The molecule has 0 saturated carbocycles. The molecule has 0 bridgehead atoms. The number of para-hydroxylation sites is 2. The number of hydrogen-bond donors (Lipinski definition) is 1. The summed E-state index contributed by atoms with van der Waals surface area (Å²) in [4.78, 5) is 19.8. The Labute approximate surface area is 159 Å². The van der Waals surface area contributed by atoms with Gasteiger partial charge in [0.2, 0.25) is 5.91 Å². The molecule has 140 valence electrons. The highest BCUT2D eigenvalue weighted by Crippen LogP contribution is 2.32. The van der Waals surface area contributed by atoms with Gasteiger partial charge in [-0.05, 0) is 30.2 Å². The first-order valence-electron chi connectivity index (χ1n) is 9.68. The van der Waals surface area contributed by atoms with E-state index >= 15 is 0 Å². The largest absolute Gasteiger partial charge is 0.340 e. The van der Waals surface area contributed by atoms with E-state index < -0.39 is 0 Å². The molecule has 1 saturated heterocycles. The third-order valence-corrected chi connectivity index (χ3v) is 5.67. The number of rotatable bonds is 5. The number of hydrogen-bond acceptors (Lipinski definition) is 3. The topological polar surface area (TPSA) is 64.2 Å². The van der Waals surface area contributed by atoms with Crippen molar-refractivity contribution in [3.05, 3.63) is 66.0 Å². The number of nitrogens with zero attached hydrogens (tertiary/aromatic N) is 3. The highest BCUT2D eigenvalue weighted by atomic mass is 16.2. The zero-order valence-electron chi connectivity index (χ0n) is 15.7. The van der Waals surface area contributed by atoms with Crippen LogP contribution in [-0.4, -0.2) is 40.0 Å². The first kappa shape index (κ1) is 17.7. The Morgan fingerprint density at radius 2 is 1.85 bits per heavy atom. The Morgan fingerprint density at radius 3 is 2.59 bits per heavy atom. The molecular weight excluding hydrogens is 336 g/mol. The summed E-state index contributed by atoms with van der Waals surface area (Å²) in [7, 11) is 0. The number of likely N-dealkylation sites (tertiary alicyclic amines) is 1. The minimum atomic E-state index is 0.143. The van der Waals surface area contributed by atoms with E-state index in [-0.39, 0.29) is 5.91 Å². The molecule has 1 fully saturated rings. The van der Waals surface area contributed by atoms with Crippen LogP contribution in [-0.2, 0) is 17.8 Å². The van der Waals surface area contributed by atoms with Crippen LogP contribution >= 0.6 is 0 Å². The number of aryl methyl sites for hydroxylation is 1. The molecule has 1 aromatic heterocycles. The monoisotopic (exact) mass is 362 g/mol. The molecule has 2 N–H and O–H groups in total.